The Balaban J connectivity index is 1.26. The van der Waals surface area contributed by atoms with Gasteiger partial charge in [-0.3, -0.25) is 10.3 Å². The number of urea groups is 1. The number of amidine groups is 1. The molecule has 0 bridgehead atoms. The van der Waals surface area contributed by atoms with Gasteiger partial charge in [0, 0.05) is 49.9 Å². The lowest BCUT2D eigenvalue weighted by atomic mass is 9.96. The number of aromatic hydroxyl groups is 1. The van der Waals surface area contributed by atoms with Gasteiger partial charge in [0.05, 0.1) is 18.1 Å². The zero-order chi connectivity index (χ0) is 29.7. The molecule has 222 valence electrons. The number of benzene rings is 3. The van der Waals surface area contributed by atoms with Crippen molar-refractivity contribution in [2.24, 2.45) is 17.6 Å². The van der Waals surface area contributed by atoms with Crippen LogP contribution in [0.3, 0.4) is 0 Å². The second-order valence-corrected chi connectivity index (χ2v) is 12.9. The largest absolute Gasteiger partial charge is 0.508 e. The molecule has 1 atom stereocenters. The SMILES string of the molecule is N=C(N)c1cccc(N2CC(COCc3ccccc3)CN(CC3CCN(S(=O)(=O)c4ccc(O)cc4)CC3)C2=O)c1. The van der Waals surface area contributed by atoms with Gasteiger partial charge in [-0.25, -0.2) is 13.2 Å². The second kappa shape index (κ2) is 12.9. The van der Waals surface area contributed by atoms with E-state index < -0.39 is 10.0 Å². The number of nitrogens with one attached hydrogen (secondary N) is 1. The van der Waals surface area contributed by atoms with Gasteiger partial charge in [0.25, 0.3) is 0 Å². The van der Waals surface area contributed by atoms with Crippen molar-refractivity contribution in [3.8, 4) is 5.75 Å². The fraction of sp³-hybridized carbons (Fsp3) is 0.355. The van der Waals surface area contributed by atoms with Crippen molar-refractivity contribution in [1.29, 1.82) is 5.41 Å². The minimum Gasteiger partial charge on any atom is -0.508 e. The van der Waals surface area contributed by atoms with Gasteiger partial charge in [0.15, 0.2) is 0 Å². The van der Waals surface area contributed by atoms with E-state index in [2.05, 4.69) is 0 Å². The maximum atomic E-state index is 13.8. The maximum absolute atomic E-state index is 13.8. The van der Waals surface area contributed by atoms with Crippen LogP contribution in [-0.2, 0) is 21.4 Å². The van der Waals surface area contributed by atoms with Crippen molar-refractivity contribution in [1.82, 2.24) is 9.21 Å². The second-order valence-electron chi connectivity index (χ2n) is 11.0. The minimum absolute atomic E-state index is 0.0182. The molecule has 42 heavy (non-hydrogen) atoms. The molecule has 4 N–H and O–H groups in total. The third-order valence-corrected chi connectivity index (χ3v) is 9.79. The molecule has 5 rings (SSSR count). The van der Waals surface area contributed by atoms with Crippen molar-refractivity contribution < 1.29 is 23.1 Å². The summed E-state index contributed by atoms with van der Waals surface area (Å²) in [7, 11) is -3.65. The Kier molecular flexibility index (Phi) is 9.10. The van der Waals surface area contributed by atoms with E-state index in [9.17, 15) is 18.3 Å². The van der Waals surface area contributed by atoms with Crippen molar-refractivity contribution in [3.63, 3.8) is 0 Å². The van der Waals surface area contributed by atoms with Gasteiger partial charge in [-0.15, -0.1) is 0 Å². The maximum Gasteiger partial charge on any atom is 0.324 e. The molecule has 0 saturated carbocycles. The van der Waals surface area contributed by atoms with Crippen LogP contribution in [0.1, 0.15) is 24.0 Å². The van der Waals surface area contributed by atoms with Crippen LogP contribution in [0.25, 0.3) is 0 Å². The topological polar surface area (TPSA) is 140 Å². The summed E-state index contributed by atoms with van der Waals surface area (Å²) in [5, 5.41) is 17.4. The van der Waals surface area contributed by atoms with E-state index >= 15 is 0 Å². The number of hydrogen-bond donors (Lipinski definition) is 3. The van der Waals surface area contributed by atoms with E-state index in [1.54, 1.807) is 23.1 Å². The standard InChI is InChI=1S/C31H37N5O5S/c32-30(33)26-7-4-8-27(17-26)36-20-25(22-41-21-24-5-2-1-3-6-24)19-34(31(36)38)18-23-13-15-35(16-14-23)42(39,40)29-11-9-28(37)10-12-29/h1-12,17,23,25,37H,13-16,18-22H2,(H3,32,33). The van der Waals surface area contributed by atoms with Crippen molar-refractivity contribution in [2.45, 2.75) is 24.3 Å². The van der Waals surface area contributed by atoms with E-state index in [0.29, 0.717) is 70.0 Å². The zero-order valence-electron chi connectivity index (χ0n) is 23.4. The number of amides is 2. The number of rotatable bonds is 10. The molecule has 2 saturated heterocycles. The lowest BCUT2D eigenvalue weighted by molar-refractivity contribution is 0.0661. The molecule has 1 unspecified atom stereocenters. The molecule has 2 aliphatic heterocycles. The van der Waals surface area contributed by atoms with E-state index in [4.69, 9.17) is 15.9 Å². The number of phenols is 1. The molecule has 0 aromatic heterocycles. The van der Waals surface area contributed by atoms with Crippen LogP contribution in [-0.4, -0.2) is 73.9 Å². The first-order valence-electron chi connectivity index (χ1n) is 14.1. The number of sulfonamides is 1. The summed E-state index contributed by atoms with van der Waals surface area (Å²) in [5.41, 5.74) is 8.04. The lowest BCUT2D eigenvalue weighted by Gasteiger charge is -2.42. The highest BCUT2D eigenvalue weighted by atomic mass is 32.2. The molecule has 10 nitrogen and oxygen atoms in total. The van der Waals surface area contributed by atoms with Gasteiger partial charge in [-0.1, -0.05) is 42.5 Å². The number of nitrogens with two attached hydrogens (primary N) is 1. The summed E-state index contributed by atoms with van der Waals surface area (Å²) in [6.07, 6.45) is 1.27. The highest BCUT2D eigenvalue weighted by Crippen LogP contribution is 2.29. The molecule has 3 aromatic carbocycles. The molecular formula is C31H37N5O5S. The molecule has 2 aliphatic rings. The number of carbonyl (C=O) groups is 1. The minimum atomic E-state index is -3.65. The Hall–Kier alpha value is -3.93. The highest BCUT2D eigenvalue weighted by Gasteiger charge is 2.36. The van der Waals surface area contributed by atoms with E-state index in [1.165, 1.54) is 28.6 Å². The average Bonchev–Trinajstić information content (AvgIpc) is 3.00. The van der Waals surface area contributed by atoms with Crippen LogP contribution in [0, 0.1) is 17.2 Å². The molecular weight excluding hydrogens is 554 g/mol. The first-order valence-corrected chi connectivity index (χ1v) is 15.6. The van der Waals surface area contributed by atoms with E-state index in [1.807, 2.05) is 41.3 Å². The summed E-state index contributed by atoms with van der Waals surface area (Å²) >= 11 is 0. The van der Waals surface area contributed by atoms with Gasteiger partial charge in [-0.05, 0) is 60.7 Å². The predicted octanol–water partition coefficient (Wildman–Crippen LogP) is 3.85. The van der Waals surface area contributed by atoms with Gasteiger partial charge in [0.1, 0.15) is 11.6 Å². The van der Waals surface area contributed by atoms with Gasteiger partial charge in [-0.2, -0.15) is 4.31 Å². The first-order chi connectivity index (χ1) is 20.2. The van der Waals surface area contributed by atoms with Crippen molar-refractivity contribution in [3.05, 3.63) is 90.0 Å². The highest BCUT2D eigenvalue weighted by molar-refractivity contribution is 7.89. The molecule has 2 fully saturated rings. The van der Waals surface area contributed by atoms with Crippen LogP contribution in [0.4, 0.5) is 10.5 Å². The number of nitrogen functional groups attached to an aromatic ring is 1. The van der Waals surface area contributed by atoms with Crippen molar-refractivity contribution >= 4 is 27.6 Å². The average molecular weight is 592 g/mol. The van der Waals surface area contributed by atoms with Crippen LogP contribution >= 0.6 is 0 Å². The summed E-state index contributed by atoms with van der Waals surface area (Å²) in [4.78, 5) is 17.5. The zero-order valence-corrected chi connectivity index (χ0v) is 24.2. The number of hydrogen-bond acceptors (Lipinski definition) is 6. The third-order valence-electron chi connectivity index (χ3n) is 7.88. The molecule has 2 amide bonds. The van der Waals surface area contributed by atoms with Crippen molar-refractivity contribution in [2.75, 3.05) is 44.2 Å². The summed E-state index contributed by atoms with van der Waals surface area (Å²) in [6.45, 7) is 3.24. The first kappa shape index (κ1) is 29.6. The molecule has 2 heterocycles. The summed E-state index contributed by atoms with van der Waals surface area (Å²) in [5.74, 6) is 0.164. The molecule has 11 heteroatoms. The fourth-order valence-corrected chi connectivity index (χ4v) is 7.07. The molecule has 0 aliphatic carbocycles. The Labute approximate surface area is 246 Å². The fourth-order valence-electron chi connectivity index (χ4n) is 5.60. The molecule has 0 spiro atoms. The lowest BCUT2D eigenvalue weighted by Crippen LogP contribution is -2.56. The third kappa shape index (κ3) is 6.92. The van der Waals surface area contributed by atoms with Crippen LogP contribution in [0.5, 0.6) is 5.75 Å². The van der Waals surface area contributed by atoms with Crippen LogP contribution in [0.2, 0.25) is 0 Å². The van der Waals surface area contributed by atoms with Gasteiger partial charge >= 0.3 is 6.03 Å². The monoisotopic (exact) mass is 591 g/mol. The number of carbonyl (C=O) groups excluding carboxylic acids is 1. The molecule has 3 aromatic rings. The quantitative estimate of drug-likeness (QED) is 0.242. The Bertz CT molecular complexity index is 1490. The predicted molar refractivity (Wildman–Crippen MR) is 161 cm³/mol. The van der Waals surface area contributed by atoms with Crippen LogP contribution < -0.4 is 10.6 Å². The van der Waals surface area contributed by atoms with Gasteiger partial charge < -0.3 is 20.5 Å². The van der Waals surface area contributed by atoms with Gasteiger partial charge in [0.2, 0.25) is 10.0 Å². The normalized spacial score (nSPS) is 18.8. The number of nitrogens with zero attached hydrogens (tertiary/aromatic N) is 3. The Morgan fingerprint density at radius 1 is 0.952 bits per heavy atom. The molecule has 0 radical (unpaired) electrons. The smallest absolute Gasteiger partial charge is 0.324 e. The summed E-state index contributed by atoms with van der Waals surface area (Å²) < 4.78 is 33.8. The van der Waals surface area contributed by atoms with Crippen LogP contribution in [0.15, 0.2) is 83.8 Å². The Morgan fingerprint density at radius 3 is 2.36 bits per heavy atom. The number of anilines is 1. The number of ether oxygens (including phenoxy) is 1. The number of phenolic OH excluding ortho intramolecular Hbond substituents is 1. The summed E-state index contributed by atoms with van der Waals surface area (Å²) in [6, 6.07) is 22.6. The number of piperidine rings is 1. The van der Waals surface area contributed by atoms with E-state index in [-0.39, 0.29) is 34.3 Å². The van der Waals surface area contributed by atoms with E-state index in [0.717, 1.165) is 5.56 Å². The Morgan fingerprint density at radius 2 is 1.67 bits per heavy atom.